The SMILES string of the molecule is COCC1CNc2cc(Cl)ccc2O1. The number of ether oxygens (including phenoxy) is 2. The van der Waals surface area contributed by atoms with Gasteiger partial charge in [-0.3, -0.25) is 0 Å². The molecule has 1 aliphatic rings. The molecule has 0 spiro atoms. The Kier molecular flexibility index (Phi) is 2.79. The van der Waals surface area contributed by atoms with Crippen LogP contribution in [0.1, 0.15) is 0 Å². The topological polar surface area (TPSA) is 30.5 Å². The summed E-state index contributed by atoms with van der Waals surface area (Å²) in [7, 11) is 1.67. The second kappa shape index (κ2) is 4.07. The van der Waals surface area contributed by atoms with E-state index in [2.05, 4.69) is 5.32 Å². The Balaban J connectivity index is 2.15. The highest BCUT2D eigenvalue weighted by atomic mass is 35.5. The second-order valence-electron chi connectivity index (χ2n) is 3.22. The largest absolute Gasteiger partial charge is 0.484 e. The molecule has 0 saturated heterocycles. The number of hydrogen-bond donors (Lipinski definition) is 1. The highest BCUT2D eigenvalue weighted by Gasteiger charge is 2.18. The molecule has 4 heteroatoms. The van der Waals surface area contributed by atoms with Crippen molar-refractivity contribution in [2.45, 2.75) is 6.10 Å². The van der Waals surface area contributed by atoms with Crippen molar-refractivity contribution in [3.05, 3.63) is 23.2 Å². The van der Waals surface area contributed by atoms with Crippen LogP contribution in [0.5, 0.6) is 5.75 Å². The van der Waals surface area contributed by atoms with E-state index in [1.807, 2.05) is 18.2 Å². The predicted molar refractivity (Wildman–Crippen MR) is 56.2 cm³/mol. The van der Waals surface area contributed by atoms with Crippen molar-refractivity contribution in [1.82, 2.24) is 0 Å². The molecular formula is C10H12ClNO2. The lowest BCUT2D eigenvalue weighted by molar-refractivity contribution is 0.0848. The van der Waals surface area contributed by atoms with Gasteiger partial charge in [0.2, 0.25) is 0 Å². The summed E-state index contributed by atoms with van der Waals surface area (Å²) < 4.78 is 10.7. The van der Waals surface area contributed by atoms with E-state index in [0.29, 0.717) is 11.6 Å². The number of fused-ring (bicyclic) bond motifs is 1. The first-order chi connectivity index (χ1) is 6.79. The molecule has 1 heterocycles. The van der Waals surface area contributed by atoms with E-state index >= 15 is 0 Å². The molecule has 0 bridgehead atoms. The third kappa shape index (κ3) is 1.94. The van der Waals surface area contributed by atoms with Gasteiger partial charge in [-0.05, 0) is 18.2 Å². The van der Waals surface area contributed by atoms with Crippen LogP contribution in [0.4, 0.5) is 5.69 Å². The summed E-state index contributed by atoms with van der Waals surface area (Å²) in [5.74, 6) is 0.836. The summed E-state index contributed by atoms with van der Waals surface area (Å²) in [4.78, 5) is 0. The van der Waals surface area contributed by atoms with E-state index in [-0.39, 0.29) is 6.10 Å². The van der Waals surface area contributed by atoms with E-state index in [1.54, 1.807) is 7.11 Å². The van der Waals surface area contributed by atoms with Crippen molar-refractivity contribution < 1.29 is 9.47 Å². The Labute approximate surface area is 88.0 Å². The van der Waals surface area contributed by atoms with Crippen LogP contribution >= 0.6 is 11.6 Å². The van der Waals surface area contributed by atoms with Gasteiger partial charge in [0, 0.05) is 12.1 Å². The molecule has 1 aliphatic heterocycles. The molecule has 76 valence electrons. The Morgan fingerprint density at radius 3 is 3.29 bits per heavy atom. The fourth-order valence-corrected chi connectivity index (χ4v) is 1.64. The van der Waals surface area contributed by atoms with E-state index in [1.165, 1.54) is 0 Å². The van der Waals surface area contributed by atoms with Crippen LogP contribution in [-0.2, 0) is 4.74 Å². The number of nitrogens with one attached hydrogen (secondary N) is 1. The van der Waals surface area contributed by atoms with Crippen molar-refractivity contribution in [3.63, 3.8) is 0 Å². The average molecular weight is 214 g/mol. The first-order valence-corrected chi connectivity index (χ1v) is 4.86. The van der Waals surface area contributed by atoms with Crippen LogP contribution in [0, 0.1) is 0 Å². The summed E-state index contributed by atoms with van der Waals surface area (Å²) in [5, 5.41) is 3.96. The molecule has 1 atom stereocenters. The van der Waals surface area contributed by atoms with Crippen LogP contribution in [0.3, 0.4) is 0 Å². The zero-order valence-corrected chi connectivity index (χ0v) is 8.67. The van der Waals surface area contributed by atoms with Crippen LogP contribution in [-0.4, -0.2) is 26.4 Å². The molecule has 1 unspecified atom stereocenters. The van der Waals surface area contributed by atoms with Gasteiger partial charge in [0.15, 0.2) is 0 Å². The predicted octanol–water partition coefficient (Wildman–Crippen LogP) is 2.16. The van der Waals surface area contributed by atoms with E-state index in [0.717, 1.165) is 18.0 Å². The maximum atomic E-state index is 5.85. The Hall–Kier alpha value is -0.930. The normalized spacial score (nSPS) is 19.4. The highest BCUT2D eigenvalue weighted by Crippen LogP contribution is 2.31. The quantitative estimate of drug-likeness (QED) is 0.817. The number of halogens is 1. The van der Waals surface area contributed by atoms with Gasteiger partial charge in [-0.25, -0.2) is 0 Å². The van der Waals surface area contributed by atoms with E-state index in [4.69, 9.17) is 21.1 Å². The van der Waals surface area contributed by atoms with Crippen LogP contribution in [0.25, 0.3) is 0 Å². The van der Waals surface area contributed by atoms with Gasteiger partial charge in [0.1, 0.15) is 11.9 Å². The molecule has 0 amide bonds. The minimum absolute atomic E-state index is 0.0775. The standard InChI is InChI=1S/C10H12ClNO2/c1-13-6-8-5-12-9-4-7(11)2-3-10(9)14-8/h2-4,8,12H,5-6H2,1H3. The number of anilines is 1. The molecular weight excluding hydrogens is 202 g/mol. The minimum Gasteiger partial charge on any atom is -0.484 e. The number of hydrogen-bond acceptors (Lipinski definition) is 3. The summed E-state index contributed by atoms with van der Waals surface area (Å²) in [6.07, 6.45) is 0.0775. The lowest BCUT2D eigenvalue weighted by Gasteiger charge is -2.26. The van der Waals surface area contributed by atoms with Crippen molar-refractivity contribution in [3.8, 4) is 5.75 Å². The molecule has 0 fully saturated rings. The molecule has 0 radical (unpaired) electrons. The summed E-state index contributed by atoms with van der Waals surface area (Å²) >= 11 is 5.85. The molecule has 2 rings (SSSR count). The van der Waals surface area contributed by atoms with Gasteiger partial charge in [0.05, 0.1) is 18.8 Å². The lowest BCUT2D eigenvalue weighted by Crippen LogP contribution is -2.34. The smallest absolute Gasteiger partial charge is 0.143 e. The minimum atomic E-state index is 0.0775. The zero-order valence-electron chi connectivity index (χ0n) is 7.92. The summed E-state index contributed by atoms with van der Waals surface area (Å²) in [6, 6.07) is 5.55. The monoisotopic (exact) mass is 213 g/mol. The van der Waals surface area contributed by atoms with Crippen LogP contribution < -0.4 is 10.1 Å². The van der Waals surface area contributed by atoms with Gasteiger partial charge >= 0.3 is 0 Å². The van der Waals surface area contributed by atoms with Crippen molar-refractivity contribution >= 4 is 17.3 Å². The van der Waals surface area contributed by atoms with Crippen LogP contribution in [0.2, 0.25) is 5.02 Å². The van der Waals surface area contributed by atoms with Gasteiger partial charge < -0.3 is 14.8 Å². The third-order valence-electron chi connectivity index (χ3n) is 2.11. The third-order valence-corrected chi connectivity index (χ3v) is 2.34. The first kappa shape index (κ1) is 9.62. The molecule has 14 heavy (non-hydrogen) atoms. The Morgan fingerprint density at radius 1 is 1.64 bits per heavy atom. The van der Waals surface area contributed by atoms with E-state index in [9.17, 15) is 0 Å². The van der Waals surface area contributed by atoms with Crippen molar-refractivity contribution in [2.75, 3.05) is 25.6 Å². The molecule has 0 aliphatic carbocycles. The number of rotatable bonds is 2. The maximum Gasteiger partial charge on any atom is 0.143 e. The van der Waals surface area contributed by atoms with Gasteiger partial charge in [-0.1, -0.05) is 11.6 Å². The molecule has 3 nitrogen and oxygen atoms in total. The maximum absolute atomic E-state index is 5.85. The van der Waals surface area contributed by atoms with Gasteiger partial charge in [-0.2, -0.15) is 0 Å². The van der Waals surface area contributed by atoms with Crippen LogP contribution in [0.15, 0.2) is 18.2 Å². The second-order valence-corrected chi connectivity index (χ2v) is 3.65. The number of benzene rings is 1. The summed E-state index contributed by atoms with van der Waals surface area (Å²) in [6.45, 7) is 1.34. The van der Waals surface area contributed by atoms with E-state index < -0.39 is 0 Å². The summed E-state index contributed by atoms with van der Waals surface area (Å²) in [5.41, 5.74) is 0.949. The Morgan fingerprint density at radius 2 is 2.50 bits per heavy atom. The molecule has 1 aromatic rings. The average Bonchev–Trinajstić information content (AvgIpc) is 2.19. The molecule has 0 saturated carbocycles. The van der Waals surface area contributed by atoms with Gasteiger partial charge in [-0.15, -0.1) is 0 Å². The molecule has 1 N–H and O–H groups in total. The fraction of sp³-hybridized carbons (Fsp3) is 0.400. The lowest BCUT2D eigenvalue weighted by atomic mass is 10.2. The van der Waals surface area contributed by atoms with Crippen molar-refractivity contribution in [2.24, 2.45) is 0 Å². The zero-order chi connectivity index (χ0) is 9.97. The van der Waals surface area contributed by atoms with Crippen molar-refractivity contribution in [1.29, 1.82) is 0 Å². The molecule has 0 aromatic heterocycles. The highest BCUT2D eigenvalue weighted by molar-refractivity contribution is 6.30. The van der Waals surface area contributed by atoms with Gasteiger partial charge in [0.25, 0.3) is 0 Å². The number of methoxy groups -OCH3 is 1. The fourth-order valence-electron chi connectivity index (χ4n) is 1.47. The first-order valence-electron chi connectivity index (χ1n) is 4.48. The molecule has 1 aromatic carbocycles. The Bertz CT molecular complexity index is 330.